The molecule has 1 fully saturated rings. The maximum Gasteiger partial charge on any atom is 0.473 e. The van der Waals surface area contributed by atoms with Gasteiger partial charge in [-0.15, -0.1) is 0 Å². The van der Waals surface area contributed by atoms with E-state index in [0.717, 1.165) is 0 Å². The molecule has 0 aromatic carbocycles. The van der Waals surface area contributed by atoms with E-state index < -0.39 is 28.0 Å². The molecule has 0 heterocycles. The number of aliphatic hydroxyl groups is 1. The maximum atomic E-state index is 11.0. The highest BCUT2D eigenvalue weighted by atomic mass is 32.2. The van der Waals surface area contributed by atoms with Crippen LogP contribution in [0.4, 0.5) is 0 Å². The highest BCUT2D eigenvalue weighted by molar-refractivity contribution is 8.14. The van der Waals surface area contributed by atoms with Crippen molar-refractivity contribution in [2.75, 3.05) is 0 Å². The van der Waals surface area contributed by atoms with E-state index in [2.05, 4.69) is 9.05 Å². The third kappa shape index (κ3) is 9.31. The first-order valence-electron chi connectivity index (χ1n) is 6.70. The predicted octanol–water partition coefficient (Wildman–Crippen LogP) is 1.08. The number of carbonyl (C=O) groups excluding carboxylic acids is 1. The summed E-state index contributed by atoms with van der Waals surface area (Å²) in [6.07, 6.45) is 1.71. The van der Waals surface area contributed by atoms with Gasteiger partial charge in [-0.25, -0.2) is 18.2 Å². The number of hydrogen-bond acceptors (Lipinski definition) is 7. The number of rotatable bonds is 7. The van der Waals surface area contributed by atoms with Gasteiger partial charge < -0.3 is 24.7 Å². The largest absolute Gasteiger partial charge is 0.473 e. The molecule has 13 heteroatoms. The topological polar surface area (TPSA) is 171 Å². The highest BCUT2D eigenvalue weighted by Crippen LogP contribution is 2.51. The van der Waals surface area contributed by atoms with Gasteiger partial charge in [0.25, 0.3) is 5.97 Å². The Hall–Kier alpha value is 0.200. The van der Waals surface area contributed by atoms with Gasteiger partial charge in [-0.3, -0.25) is 4.79 Å². The second kappa shape index (κ2) is 8.05. The molecular formula is C10H20O10P2S. The molecule has 10 nitrogen and oxygen atoms in total. The van der Waals surface area contributed by atoms with Crippen molar-refractivity contribution in [1.29, 1.82) is 0 Å². The lowest BCUT2D eigenvalue weighted by Gasteiger charge is -2.34. The monoisotopic (exact) mass is 394 g/mol. The summed E-state index contributed by atoms with van der Waals surface area (Å²) >= 11 is 1.20. The minimum Gasteiger partial charge on any atom is -0.343 e. The van der Waals surface area contributed by atoms with Crippen molar-refractivity contribution >= 4 is 32.5 Å². The molecule has 136 valence electrons. The molecule has 1 rings (SSSR count). The summed E-state index contributed by atoms with van der Waals surface area (Å²) in [4.78, 5) is 46.1. The van der Waals surface area contributed by atoms with Crippen LogP contribution in [0.3, 0.4) is 0 Å². The normalized spacial score (nSPS) is 23.7. The standard InChI is InChI=1S/C10H20O10P2S/c1-7(11)23-9-4-2-8(3-5-9)6-10(12,19-21(13,14)15)20-22(16,17)18/h8-9,12H,2-6H2,1H3,(H2,13,14,15)(H2,16,17,18). The van der Waals surface area contributed by atoms with E-state index in [1.54, 1.807) is 0 Å². The van der Waals surface area contributed by atoms with Gasteiger partial charge in [-0.1, -0.05) is 11.8 Å². The third-order valence-electron chi connectivity index (χ3n) is 3.20. The van der Waals surface area contributed by atoms with Crippen molar-refractivity contribution in [3.05, 3.63) is 0 Å². The van der Waals surface area contributed by atoms with Gasteiger partial charge in [0.1, 0.15) is 0 Å². The first kappa shape index (κ1) is 21.2. The molecule has 0 unspecified atom stereocenters. The van der Waals surface area contributed by atoms with Gasteiger partial charge in [0.15, 0.2) is 5.12 Å². The number of phosphoric acid groups is 2. The van der Waals surface area contributed by atoms with Gasteiger partial charge in [-0.2, -0.15) is 0 Å². The van der Waals surface area contributed by atoms with Crippen LogP contribution in [0.5, 0.6) is 0 Å². The van der Waals surface area contributed by atoms with Gasteiger partial charge in [0, 0.05) is 18.6 Å². The van der Waals surface area contributed by atoms with Crippen LogP contribution < -0.4 is 0 Å². The molecule has 0 radical (unpaired) electrons. The van der Waals surface area contributed by atoms with Crippen LogP contribution >= 0.6 is 27.4 Å². The van der Waals surface area contributed by atoms with E-state index in [0.29, 0.717) is 25.7 Å². The van der Waals surface area contributed by atoms with E-state index in [4.69, 9.17) is 19.6 Å². The Kier molecular flexibility index (Phi) is 7.44. The van der Waals surface area contributed by atoms with Crippen molar-refractivity contribution < 1.29 is 47.7 Å². The summed E-state index contributed by atoms with van der Waals surface area (Å²) in [7, 11) is -10.5. The van der Waals surface area contributed by atoms with Crippen LogP contribution in [-0.4, -0.2) is 41.0 Å². The molecule has 0 saturated heterocycles. The Morgan fingerprint density at radius 1 is 1.09 bits per heavy atom. The second-order valence-corrected chi connectivity index (χ2v) is 9.14. The Labute approximate surface area is 137 Å². The molecule has 0 atom stereocenters. The minimum absolute atomic E-state index is 0.0142. The minimum atomic E-state index is -5.24. The van der Waals surface area contributed by atoms with Crippen molar-refractivity contribution in [2.45, 2.75) is 50.3 Å². The quantitative estimate of drug-likeness (QED) is 0.309. The van der Waals surface area contributed by atoms with Gasteiger partial charge in [0.05, 0.1) is 0 Å². The number of thioether (sulfide) groups is 1. The molecule has 5 N–H and O–H groups in total. The summed E-state index contributed by atoms with van der Waals surface area (Å²) in [6.45, 7) is 1.46. The van der Waals surface area contributed by atoms with E-state index in [-0.39, 0.29) is 16.3 Å². The smallest absolute Gasteiger partial charge is 0.343 e. The van der Waals surface area contributed by atoms with Crippen molar-refractivity contribution in [1.82, 2.24) is 0 Å². The number of phosphoric ester groups is 2. The molecule has 0 amide bonds. The average Bonchev–Trinajstić information content (AvgIpc) is 2.25. The van der Waals surface area contributed by atoms with E-state index in [9.17, 15) is 19.0 Å². The van der Waals surface area contributed by atoms with Crippen LogP contribution in [0.2, 0.25) is 0 Å². The first-order chi connectivity index (χ1) is 10.3. The van der Waals surface area contributed by atoms with Gasteiger partial charge >= 0.3 is 15.6 Å². The summed E-state index contributed by atoms with van der Waals surface area (Å²) in [6, 6.07) is 0. The fourth-order valence-electron chi connectivity index (χ4n) is 2.52. The molecular weight excluding hydrogens is 374 g/mol. The SMILES string of the molecule is CC(=O)SC1CCC(CC(O)(OP(=O)(O)O)OP(=O)(O)O)CC1. The number of carbonyl (C=O) groups is 1. The third-order valence-corrected chi connectivity index (χ3v) is 5.38. The molecule has 0 bridgehead atoms. The lowest BCUT2D eigenvalue weighted by Crippen LogP contribution is -2.37. The van der Waals surface area contributed by atoms with Crippen molar-refractivity contribution in [3.8, 4) is 0 Å². The van der Waals surface area contributed by atoms with Crippen LogP contribution in [0, 0.1) is 5.92 Å². The maximum absolute atomic E-state index is 11.0. The van der Waals surface area contributed by atoms with E-state index >= 15 is 0 Å². The molecule has 1 saturated carbocycles. The molecule has 23 heavy (non-hydrogen) atoms. The average molecular weight is 394 g/mol. The molecule has 1 aliphatic carbocycles. The second-order valence-electron chi connectivity index (χ2n) is 5.33. The van der Waals surface area contributed by atoms with Gasteiger partial charge in [0.2, 0.25) is 0 Å². The first-order valence-corrected chi connectivity index (χ1v) is 10.6. The van der Waals surface area contributed by atoms with Gasteiger partial charge in [-0.05, 0) is 31.6 Å². The zero-order chi connectivity index (χ0) is 17.9. The fraction of sp³-hybridized carbons (Fsp3) is 0.900. The Balaban J connectivity index is 2.69. The van der Waals surface area contributed by atoms with Crippen molar-refractivity contribution in [3.63, 3.8) is 0 Å². The lowest BCUT2D eigenvalue weighted by atomic mass is 9.86. The highest BCUT2D eigenvalue weighted by Gasteiger charge is 2.45. The molecule has 0 aromatic heterocycles. The zero-order valence-electron chi connectivity index (χ0n) is 12.3. The zero-order valence-corrected chi connectivity index (χ0v) is 14.9. The van der Waals surface area contributed by atoms with Crippen molar-refractivity contribution in [2.24, 2.45) is 5.92 Å². The Morgan fingerprint density at radius 2 is 1.52 bits per heavy atom. The summed E-state index contributed by atoms with van der Waals surface area (Å²) < 4.78 is 29.9. The molecule has 0 aromatic rings. The lowest BCUT2D eigenvalue weighted by molar-refractivity contribution is -0.295. The Morgan fingerprint density at radius 3 is 1.87 bits per heavy atom. The number of hydrogen-bond donors (Lipinski definition) is 5. The molecule has 1 aliphatic rings. The summed E-state index contributed by atoms with van der Waals surface area (Å²) in [5, 5.41) is 10.1. The molecule has 0 spiro atoms. The van der Waals surface area contributed by atoms with Crippen LogP contribution in [0.25, 0.3) is 0 Å². The van der Waals surface area contributed by atoms with E-state index in [1.165, 1.54) is 18.7 Å². The van der Waals surface area contributed by atoms with Crippen LogP contribution in [-0.2, 0) is 23.0 Å². The summed E-state index contributed by atoms with van der Waals surface area (Å²) in [5.74, 6) is -3.43. The predicted molar refractivity (Wildman–Crippen MR) is 79.8 cm³/mol. The van der Waals surface area contributed by atoms with Crippen LogP contribution in [0.15, 0.2) is 0 Å². The molecule has 0 aliphatic heterocycles. The van der Waals surface area contributed by atoms with Crippen LogP contribution in [0.1, 0.15) is 39.0 Å². The fourth-order valence-corrected chi connectivity index (χ4v) is 4.52. The summed E-state index contributed by atoms with van der Waals surface area (Å²) in [5.41, 5.74) is 0. The Bertz CT molecular complexity index is 482. The van der Waals surface area contributed by atoms with E-state index in [1.807, 2.05) is 0 Å².